The monoisotopic (exact) mass is 394 g/mol. The molecule has 3 rings (SSSR count). The van der Waals surface area contributed by atoms with Gasteiger partial charge in [0.15, 0.2) is 11.7 Å². The number of guanidine groups is 1. The van der Waals surface area contributed by atoms with Gasteiger partial charge in [-0.3, -0.25) is 9.79 Å². The van der Waals surface area contributed by atoms with Crippen LogP contribution >= 0.6 is 0 Å². The highest BCUT2D eigenvalue weighted by molar-refractivity contribution is 6.02. The number of anilines is 1. The van der Waals surface area contributed by atoms with E-state index in [0.29, 0.717) is 30.3 Å². The van der Waals surface area contributed by atoms with E-state index < -0.39 is 0 Å². The van der Waals surface area contributed by atoms with E-state index in [1.165, 1.54) is 12.3 Å². The number of carbonyl (C=O) groups is 1. The first-order valence-electron chi connectivity index (χ1n) is 9.18. The van der Waals surface area contributed by atoms with Crippen LogP contribution in [0, 0.1) is 12.7 Å². The number of aliphatic imine (C=N–C) groups is 1. The number of hydrogen-bond acceptors (Lipinski definition) is 3. The van der Waals surface area contributed by atoms with Crippen LogP contribution in [0.4, 0.5) is 10.1 Å². The predicted octanol–water partition coefficient (Wildman–Crippen LogP) is 3.84. The van der Waals surface area contributed by atoms with E-state index in [-0.39, 0.29) is 17.5 Å². The summed E-state index contributed by atoms with van der Waals surface area (Å²) in [7, 11) is 1.67. The number of nitrogens with zero attached hydrogens (tertiary/aromatic N) is 1. The van der Waals surface area contributed by atoms with Gasteiger partial charge in [-0.25, -0.2) is 4.39 Å². The van der Waals surface area contributed by atoms with E-state index in [0.717, 1.165) is 11.1 Å². The van der Waals surface area contributed by atoms with Crippen molar-refractivity contribution in [2.45, 2.75) is 20.0 Å². The highest BCUT2D eigenvalue weighted by Crippen LogP contribution is 2.13. The summed E-state index contributed by atoms with van der Waals surface area (Å²) >= 11 is 0. The van der Waals surface area contributed by atoms with Gasteiger partial charge >= 0.3 is 0 Å². The van der Waals surface area contributed by atoms with Crippen LogP contribution < -0.4 is 16.0 Å². The molecule has 3 N–H and O–H groups in total. The lowest BCUT2D eigenvalue weighted by Gasteiger charge is -2.13. The zero-order valence-corrected chi connectivity index (χ0v) is 16.3. The van der Waals surface area contributed by atoms with Gasteiger partial charge in [-0.05, 0) is 53.9 Å². The molecule has 2 aromatic carbocycles. The first-order valence-corrected chi connectivity index (χ1v) is 9.18. The molecule has 7 heteroatoms. The van der Waals surface area contributed by atoms with Gasteiger partial charge in [0.05, 0.1) is 6.26 Å². The molecule has 150 valence electrons. The Morgan fingerprint density at radius 2 is 1.79 bits per heavy atom. The van der Waals surface area contributed by atoms with Crippen LogP contribution in [-0.4, -0.2) is 18.9 Å². The minimum absolute atomic E-state index is 0.222. The van der Waals surface area contributed by atoms with Crippen molar-refractivity contribution in [3.05, 3.63) is 89.1 Å². The van der Waals surface area contributed by atoms with Crippen LogP contribution in [0.15, 0.2) is 70.3 Å². The van der Waals surface area contributed by atoms with E-state index in [4.69, 9.17) is 4.42 Å². The molecule has 0 bridgehead atoms. The van der Waals surface area contributed by atoms with Gasteiger partial charge in [0.2, 0.25) is 0 Å². The zero-order chi connectivity index (χ0) is 20.6. The number of furan rings is 1. The fourth-order valence-electron chi connectivity index (χ4n) is 2.70. The van der Waals surface area contributed by atoms with E-state index in [9.17, 15) is 9.18 Å². The van der Waals surface area contributed by atoms with Crippen LogP contribution in [0.2, 0.25) is 0 Å². The fraction of sp³-hybridized carbons (Fsp3) is 0.182. The molecule has 1 amide bonds. The molecule has 1 aromatic heterocycles. The van der Waals surface area contributed by atoms with Gasteiger partial charge in [0.25, 0.3) is 5.91 Å². The Balaban J connectivity index is 1.54. The summed E-state index contributed by atoms with van der Waals surface area (Å²) in [6.07, 6.45) is 1.46. The summed E-state index contributed by atoms with van der Waals surface area (Å²) in [5, 5.41) is 9.16. The Bertz CT molecular complexity index is 1000. The first-order chi connectivity index (χ1) is 14.0. The standard InChI is InChI=1S/C22H23FN4O2/c1-15-8-9-17(12-19(15)23)14-26-22(24-2)25-13-16-5-3-6-18(11-16)27-21(28)20-7-4-10-29-20/h3-12H,13-14H2,1-2H3,(H,27,28)(H2,24,25,26). The molecule has 3 aromatic rings. The van der Waals surface area contributed by atoms with Crippen molar-refractivity contribution in [2.75, 3.05) is 12.4 Å². The van der Waals surface area contributed by atoms with Gasteiger partial charge in [0.1, 0.15) is 5.82 Å². The Hall–Kier alpha value is -3.61. The molecular weight excluding hydrogens is 371 g/mol. The molecule has 0 aliphatic heterocycles. The maximum Gasteiger partial charge on any atom is 0.291 e. The predicted molar refractivity (Wildman–Crippen MR) is 111 cm³/mol. The largest absolute Gasteiger partial charge is 0.459 e. The molecular formula is C22H23FN4O2. The van der Waals surface area contributed by atoms with Crippen LogP contribution in [-0.2, 0) is 13.1 Å². The first kappa shape index (κ1) is 20.1. The second-order valence-electron chi connectivity index (χ2n) is 6.49. The highest BCUT2D eigenvalue weighted by atomic mass is 19.1. The van der Waals surface area contributed by atoms with Crippen molar-refractivity contribution < 1.29 is 13.6 Å². The van der Waals surface area contributed by atoms with Crippen molar-refractivity contribution in [1.82, 2.24) is 10.6 Å². The van der Waals surface area contributed by atoms with Gasteiger partial charge in [0, 0.05) is 25.8 Å². The number of nitrogens with one attached hydrogen (secondary N) is 3. The Morgan fingerprint density at radius 3 is 2.45 bits per heavy atom. The number of carbonyl (C=O) groups excluding carboxylic acids is 1. The topological polar surface area (TPSA) is 78.7 Å². The second kappa shape index (κ2) is 9.54. The average Bonchev–Trinajstić information content (AvgIpc) is 3.26. The third kappa shape index (κ3) is 5.68. The molecule has 0 aliphatic carbocycles. The average molecular weight is 394 g/mol. The summed E-state index contributed by atoms with van der Waals surface area (Å²) in [4.78, 5) is 16.3. The molecule has 29 heavy (non-hydrogen) atoms. The highest BCUT2D eigenvalue weighted by Gasteiger charge is 2.09. The Morgan fingerprint density at radius 1 is 1.03 bits per heavy atom. The molecule has 6 nitrogen and oxygen atoms in total. The molecule has 0 fully saturated rings. The molecule has 0 saturated heterocycles. The molecule has 0 aliphatic rings. The number of aryl methyl sites for hydroxylation is 1. The maximum absolute atomic E-state index is 13.7. The maximum atomic E-state index is 13.7. The van der Waals surface area contributed by atoms with Crippen LogP contribution in [0.1, 0.15) is 27.2 Å². The second-order valence-corrected chi connectivity index (χ2v) is 6.49. The summed E-state index contributed by atoms with van der Waals surface area (Å²) < 4.78 is 18.8. The van der Waals surface area contributed by atoms with Crippen LogP contribution in [0.25, 0.3) is 0 Å². The smallest absolute Gasteiger partial charge is 0.291 e. The van der Waals surface area contributed by atoms with Gasteiger partial charge in [-0.15, -0.1) is 0 Å². The molecule has 0 atom stereocenters. The number of amides is 1. The van der Waals surface area contributed by atoms with Crippen molar-refractivity contribution in [3.63, 3.8) is 0 Å². The lowest BCUT2D eigenvalue weighted by Crippen LogP contribution is -2.36. The number of rotatable bonds is 6. The van der Waals surface area contributed by atoms with Crippen molar-refractivity contribution in [1.29, 1.82) is 0 Å². The number of halogens is 1. The molecule has 1 heterocycles. The van der Waals surface area contributed by atoms with E-state index in [1.54, 1.807) is 32.2 Å². The minimum Gasteiger partial charge on any atom is -0.459 e. The van der Waals surface area contributed by atoms with Crippen molar-refractivity contribution in [3.8, 4) is 0 Å². The summed E-state index contributed by atoms with van der Waals surface area (Å²) in [6.45, 7) is 2.70. The van der Waals surface area contributed by atoms with E-state index in [2.05, 4.69) is 20.9 Å². The molecule has 0 radical (unpaired) electrons. The normalized spacial score (nSPS) is 11.2. The summed E-state index contributed by atoms with van der Waals surface area (Å²) in [5.74, 6) is 0.324. The quantitative estimate of drug-likeness (QED) is 0.438. The summed E-state index contributed by atoms with van der Waals surface area (Å²) in [5.41, 5.74) is 3.09. The molecule has 0 saturated carbocycles. The third-order valence-corrected chi connectivity index (χ3v) is 4.31. The zero-order valence-electron chi connectivity index (χ0n) is 16.3. The van der Waals surface area contributed by atoms with Gasteiger partial charge in [-0.1, -0.05) is 24.3 Å². The van der Waals surface area contributed by atoms with Crippen LogP contribution in [0.3, 0.4) is 0 Å². The van der Waals surface area contributed by atoms with Crippen molar-refractivity contribution in [2.24, 2.45) is 4.99 Å². The van der Waals surface area contributed by atoms with Gasteiger partial charge < -0.3 is 20.4 Å². The summed E-state index contributed by atoms with van der Waals surface area (Å²) in [6, 6.07) is 15.9. The Kier molecular flexibility index (Phi) is 6.63. The third-order valence-electron chi connectivity index (χ3n) is 4.31. The van der Waals surface area contributed by atoms with Gasteiger partial charge in [-0.2, -0.15) is 0 Å². The lowest BCUT2D eigenvalue weighted by molar-refractivity contribution is 0.0996. The van der Waals surface area contributed by atoms with E-state index >= 15 is 0 Å². The number of benzene rings is 2. The lowest BCUT2D eigenvalue weighted by atomic mass is 10.1. The molecule has 0 spiro atoms. The Labute approximate surface area is 168 Å². The SMILES string of the molecule is CN=C(NCc1cccc(NC(=O)c2ccco2)c1)NCc1ccc(C)c(F)c1. The number of hydrogen-bond donors (Lipinski definition) is 3. The fourth-order valence-corrected chi connectivity index (χ4v) is 2.70. The van der Waals surface area contributed by atoms with Crippen molar-refractivity contribution >= 4 is 17.6 Å². The minimum atomic E-state index is -0.303. The molecule has 0 unspecified atom stereocenters. The van der Waals surface area contributed by atoms with Crippen LogP contribution in [0.5, 0.6) is 0 Å². The van der Waals surface area contributed by atoms with E-state index in [1.807, 2.05) is 30.3 Å².